The summed E-state index contributed by atoms with van der Waals surface area (Å²) in [6.07, 6.45) is 3.64. The second-order valence-corrected chi connectivity index (χ2v) is 8.48. The van der Waals surface area contributed by atoms with E-state index < -0.39 is 0 Å². The Morgan fingerprint density at radius 3 is 2.53 bits per heavy atom. The Balaban J connectivity index is 1.49. The van der Waals surface area contributed by atoms with Crippen LogP contribution >= 0.6 is 0 Å². The lowest BCUT2D eigenvalue weighted by Gasteiger charge is -2.29. The summed E-state index contributed by atoms with van der Waals surface area (Å²) < 4.78 is 11.1. The first kappa shape index (κ1) is 23.5. The van der Waals surface area contributed by atoms with E-state index in [1.807, 2.05) is 67.0 Å². The molecule has 1 aromatic heterocycles. The van der Waals surface area contributed by atoms with Gasteiger partial charge in [0.05, 0.1) is 26.8 Å². The lowest BCUT2D eigenvalue weighted by Crippen LogP contribution is -2.53. The van der Waals surface area contributed by atoms with Crippen LogP contribution in [0.4, 0.5) is 23.1 Å². The number of nitrogens with one attached hydrogen (secondary N) is 2. The van der Waals surface area contributed by atoms with Crippen LogP contribution in [0, 0.1) is 0 Å². The van der Waals surface area contributed by atoms with Crippen molar-refractivity contribution in [2.75, 3.05) is 19.5 Å². The number of hydrogen-bond acceptors (Lipinski definition) is 7. The standard InChI is InChI=1S/C28H29N6O2/c1-20(21-9-5-4-6-10-21)32-28-29-16-15-27(33-28)34(19-30-24-11-7-8-12-25(24)34)31-18-22-13-14-23(35-2)17-26(22)36-3/h4-17,19-20,31H,18H2,1-3H3,(H,29,32,33)/q+1. The van der Waals surface area contributed by atoms with Crippen molar-refractivity contribution >= 4 is 29.5 Å². The number of hydrogen-bond donors (Lipinski definition) is 2. The van der Waals surface area contributed by atoms with Gasteiger partial charge in [0.1, 0.15) is 17.2 Å². The van der Waals surface area contributed by atoms with E-state index >= 15 is 0 Å². The molecule has 5 rings (SSSR count). The van der Waals surface area contributed by atoms with E-state index in [1.54, 1.807) is 20.4 Å². The molecule has 0 saturated carbocycles. The van der Waals surface area contributed by atoms with Crippen molar-refractivity contribution in [3.63, 3.8) is 0 Å². The zero-order valence-corrected chi connectivity index (χ0v) is 20.6. The lowest BCUT2D eigenvalue weighted by atomic mass is 10.1. The van der Waals surface area contributed by atoms with Gasteiger partial charge in [0.25, 0.3) is 5.82 Å². The highest BCUT2D eigenvalue weighted by atomic mass is 16.5. The number of aromatic nitrogens is 2. The van der Waals surface area contributed by atoms with Gasteiger partial charge in [0, 0.05) is 30.0 Å². The molecule has 0 radical (unpaired) electrons. The van der Waals surface area contributed by atoms with Crippen molar-refractivity contribution in [2.45, 2.75) is 19.5 Å². The molecule has 0 aliphatic carbocycles. The molecular weight excluding hydrogens is 452 g/mol. The number of rotatable bonds is 9. The van der Waals surface area contributed by atoms with Crippen LogP contribution in [0.2, 0.25) is 0 Å². The molecule has 3 aromatic carbocycles. The van der Waals surface area contributed by atoms with E-state index in [1.165, 1.54) is 0 Å². The molecule has 2 unspecified atom stereocenters. The van der Waals surface area contributed by atoms with Crippen LogP contribution in [0.25, 0.3) is 0 Å². The molecule has 0 bridgehead atoms. The molecule has 1 aliphatic rings. The van der Waals surface area contributed by atoms with Crippen molar-refractivity contribution in [3.8, 4) is 11.5 Å². The van der Waals surface area contributed by atoms with Crippen LogP contribution in [-0.2, 0) is 6.54 Å². The van der Waals surface area contributed by atoms with Crippen molar-refractivity contribution in [2.24, 2.45) is 4.99 Å². The molecule has 2 atom stereocenters. The summed E-state index contributed by atoms with van der Waals surface area (Å²) in [7, 11) is 3.30. The van der Waals surface area contributed by atoms with Gasteiger partial charge in [0.2, 0.25) is 12.3 Å². The molecule has 0 fully saturated rings. The number of quaternary nitrogens is 1. The summed E-state index contributed by atoms with van der Waals surface area (Å²) >= 11 is 0. The Kier molecular flexibility index (Phi) is 6.62. The summed E-state index contributed by atoms with van der Waals surface area (Å²) in [5, 5.41) is 3.43. The minimum Gasteiger partial charge on any atom is -0.497 e. The fourth-order valence-electron chi connectivity index (χ4n) is 4.31. The van der Waals surface area contributed by atoms with Crippen molar-refractivity contribution in [1.29, 1.82) is 0 Å². The van der Waals surface area contributed by atoms with Gasteiger partial charge >= 0.3 is 0 Å². The van der Waals surface area contributed by atoms with Gasteiger partial charge in [0.15, 0.2) is 5.69 Å². The highest BCUT2D eigenvalue weighted by Crippen LogP contribution is 2.42. The first-order valence-corrected chi connectivity index (χ1v) is 11.8. The highest BCUT2D eigenvalue weighted by molar-refractivity contribution is 5.93. The molecule has 4 aromatic rings. The third-order valence-electron chi connectivity index (χ3n) is 6.29. The first-order chi connectivity index (χ1) is 17.6. The molecular formula is C28H29N6O2+. The molecule has 2 N–H and O–H groups in total. The Hall–Kier alpha value is -4.27. The minimum atomic E-state index is 0.0472. The minimum absolute atomic E-state index is 0.0472. The van der Waals surface area contributed by atoms with Crippen LogP contribution in [0.3, 0.4) is 0 Å². The molecule has 8 nitrogen and oxygen atoms in total. The summed E-state index contributed by atoms with van der Waals surface area (Å²) in [6.45, 7) is 2.59. The second-order valence-electron chi connectivity index (χ2n) is 8.48. The molecule has 2 heterocycles. The number of ether oxygens (including phenoxy) is 2. The molecule has 182 valence electrons. The van der Waals surface area contributed by atoms with E-state index in [0.29, 0.717) is 12.5 Å². The highest BCUT2D eigenvalue weighted by Gasteiger charge is 2.41. The van der Waals surface area contributed by atoms with Crippen molar-refractivity contribution in [3.05, 3.63) is 96.2 Å². The SMILES string of the molecule is COc1ccc(CN[N+]2(c3ccnc(NC(C)c4ccccc4)n3)C=Nc3ccccc32)c(OC)c1. The maximum Gasteiger partial charge on any atom is 0.263 e. The van der Waals surface area contributed by atoms with Crippen molar-refractivity contribution < 1.29 is 9.47 Å². The molecule has 0 amide bonds. The molecule has 0 spiro atoms. The predicted octanol–water partition coefficient (Wildman–Crippen LogP) is 5.68. The Labute approximate surface area is 210 Å². The normalized spacial score (nSPS) is 16.9. The summed E-state index contributed by atoms with van der Waals surface area (Å²) in [5.74, 6) is 2.77. The zero-order chi connectivity index (χ0) is 25.0. The van der Waals surface area contributed by atoms with Gasteiger partial charge in [-0.3, -0.25) is 0 Å². The van der Waals surface area contributed by atoms with E-state index in [2.05, 4.69) is 40.8 Å². The summed E-state index contributed by atoms with van der Waals surface area (Å²) in [6, 6.07) is 26.0. The van der Waals surface area contributed by atoms with Gasteiger partial charge in [-0.1, -0.05) is 48.5 Å². The maximum absolute atomic E-state index is 5.62. The molecule has 0 saturated heterocycles. The first-order valence-electron chi connectivity index (χ1n) is 11.8. The van der Waals surface area contributed by atoms with E-state index in [4.69, 9.17) is 19.5 Å². The number of fused-ring (bicyclic) bond motifs is 1. The fraction of sp³-hybridized carbons (Fsp3) is 0.179. The third kappa shape index (κ3) is 4.51. The third-order valence-corrected chi connectivity index (χ3v) is 6.29. The van der Waals surface area contributed by atoms with Crippen LogP contribution < -0.4 is 24.8 Å². The van der Waals surface area contributed by atoms with Gasteiger partial charge in [-0.15, -0.1) is 10.0 Å². The average molecular weight is 482 g/mol. The number of methoxy groups -OCH3 is 2. The monoisotopic (exact) mass is 481 g/mol. The quantitative estimate of drug-likeness (QED) is 0.299. The van der Waals surface area contributed by atoms with E-state index in [9.17, 15) is 0 Å². The Morgan fingerprint density at radius 2 is 1.72 bits per heavy atom. The largest absolute Gasteiger partial charge is 0.497 e. The smallest absolute Gasteiger partial charge is 0.263 e. The lowest BCUT2D eigenvalue weighted by molar-refractivity contribution is 0.377. The van der Waals surface area contributed by atoms with Gasteiger partial charge in [-0.2, -0.15) is 9.98 Å². The predicted molar refractivity (Wildman–Crippen MR) is 143 cm³/mol. The summed E-state index contributed by atoms with van der Waals surface area (Å²) in [4.78, 5) is 14.1. The molecule has 1 aliphatic heterocycles. The second kappa shape index (κ2) is 10.2. The fourth-order valence-corrected chi connectivity index (χ4v) is 4.31. The van der Waals surface area contributed by atoms with Crippen LogP contribution in [0.1, 0.15) is 24.1 Å². The average Bonchev–Trinajstić information content (AvgIpc) is 3.32. The molecule has 36 heavy (non-hydrogen) atoms. The zero-order valence-electron chi connectivity index (χ0n) is 20.6. The Bertz CT molecular complexity index is 1380. The number of benzene rings is 3. The van der Waals surface area contributed by atoms with Crippen LogP contribution in [-0.4, -0.2) is 30.5 Å². The van der Waals surface area contributed by atoms with Crippen molar-refractivity contribution in [1.82, 2.24) is 20.0 Å². The van der Waals surface area contributed by atoms with E-state index in [0.717, 1.165) is 39.8 Å². The van der Waals surface area contributed by atoms with Crippen LogP contribution in [0.5, 0.6) is 11.5 Å². The maximum atomic E-state index is 5.62. The number of nitrogens with zero attached hydrogens (tertiary/aromatic N) is 4. The van der Waals surface area contributed by atoms with Gasteiger partial charge in [-0.05, 0) is 24.6 Å². The molecule has 8 heteroatoms. The van der Waals surface area contributed by atoms with Gasteiger partial charge < -0.3 is 14.8 Å². The number of aliphatic imine (C=N–C) groups is 1. The Morgan fingerprint density at radius 1 is 0.917 bits per heavy atom. The number of anilines is 1. The topological polar surface area (TPSA) is 80.7 Å². The number of para-hydroxylation sites is 2. The van der Waals surface area contributed by atoms with E-state index in [-0.39, 0.29) is 10.6 Å². The van der Waals surface area contributed by atoms with Gasteiger partial charge in [-0.25, -0.2) is 4.98 Å². The summed E-state index contributed by atoms with van der Waals surface area (Å²) in [5.41, 5.74) is 7.67. The van der Waals surface area contributed by atoms with Crippen LogP contribution in [0.15, 0.2) is 90.1 Å².